The second kappa shape index (κ2) is 12.2. The second-order valence-corrected chi connectivity index (χ2v) is 8.44. The highest BCUT2D eigenvalue weighted by molar-refractivity contribution is 5.95. The van der Waals surface area contributed by atoms with E-state index in [0.29, 0.717) is 22.8 Å². The monoisotopic (exact) mass is 557 g/mol. The van der Waals surface area contributed by atoms with Gasteiger partial charge in [0, 0.05) is 5.70 Å². The molecule has 0 bridgehead atoms. The molecule has 2 aromatic rings. The van der Waals surface area contributed by atoms with Crippen molar-refractivity contribution in [1.82, 2.24) is 16.1 Å². The van der Waals surface area contributed by atoms with Gasteiger partial charge in [0.25, 0.3) is 5.69 Å². The third-order valence-electron chi connectivity index (χ3n) is 5.82. The number of benzene rings is 2. The Morgan fingerprint density at radius 3 is 2.73 bits per heavy atom. The average Bonchev–Trinajstić information content (AvgIpc) is 3.38. The van der Waals surface area contributed by atoms with E-state index in [-0.39, 0.29) is 48.3 Å². The molecule has 2 amide bonds. The predicted octanol–water partition coefficient (Wildman–Crippen LogP) is 1.84. The Bertz CT molecular complexity index is 1380. The van der Waals surface area contributed by atoms with Gasteiger partial charge in [0.1, 0.15) is 6.61 Å². The maximum atomic E-state index is 12.4. The lowest BCUT2D eigenvalue weighted by Gasteiger charge is -2.28. The summed E-state index contributed by atoms with van der Waals surface area (Å²) < 4.78 is 26.7. The lowest BCUT2D eigenvalue weighted by atomic mass is 9.95. The Kier molecular flexibility index (Phi) is 8.54. The third kappa shape index (κ3) is 6.15. The number of aliphatic hydroxyl groups excluding tert-OH is 1. The lowest BCUT2D eigenvalue weighted by Crippen LogP contribution is -2.45. The Morgan fingerprint density at radius 2 is 2.02 bits per heavy atom. The summed E-state index contributed by atoms with van der Waals surface area (Å²) in [5.41, 5.74) is 3.47. The normalized spacial score (nSPS) is 16.7. The summed E-state index contributed by atoms with van der Waals surface area (Å²) in [6.45, 7) is 3.35. The first kappa shape index (κ1) is 28.0. The first-order valence-electron chi connectivity index (χ1n) is 12.0. The molecule has 2 aliphatic heterocycles. The van der Waals surface area contributed by atoms with Gasteiger partial charge in [-0.1, -0.05) is 6.07 Å². The molecule has 0 aromatic heterocycles. The first-order valence-corrected chi connectivity index (χ1v) is 12.0. The van der Waals surface area contributed by atoms with Gasteiger partial charge in [0.05, 0.1) is 48.1 Å². The molecule has 0 saturated heterocycles. The summed E-state index contributed by atoms with van der Waals surface area (Å²) >= 11 is 0. The smallest absolute Gasteiger partial charge is 0.337 e. The standard InChI is InChI=1S/C25H27N5O10/c1-4-37-18-7-14(23-22(24(32)36-3)13(2)27-25(33)28-23)5-6-17(18)38-11-21(31)29-26-10-15-8-19-20(40-12-39-19)9-16(15)30(34)35/h5-10,21,23,29,31H,4,11-12H2,1-3H3,(H2,27,28,33)/b26-10+/t21-,23-/m0/s1. The van der Waals surface area contributed by atoms with Gasteiger partial charge in [-0.05, 0) is 37.6 Å². The van der Waals surface area contributed by atoms with Crippen molar-refractivity contribution >= 4 is 23.9 Å². The summed E-state index contributed by atoms with van der Waals surface area (Å²) in [7, 11) is 1.25. The number of nitro groups is 1. The molecule has 0 spiro atoms. The van der Waals surface area contributed by atoms with Crippen LogP contribution in [-0.4, -0.2) is 61.6 Å². The van der Waals surface area contributed by atoms with Crippen molar-refractivity contribution in [2.45, 2.75) is 26.1 Å². The molecule has 2 heterocycles. The lowest BCUT2D eigenvalue weighted by molar-refractivity contribution is -0.385. The quantitative estimate of drug-likeness (QED) is 0.104. The minimum Gasteiger partial charge on any atom is -0.490 e. The molecule has 0 radical (unpaired) electrons. The molecule has 0 saturated carbocycles. The largest absolute Gasteiger partial charge is 0.490 e. The zero-order valence-corrected chi connectivity index (χ0v) is 21.8. The van der Waals surface area contributed by atoms with Crippen LogP contribution in [0.2, 0.25) is 0 Å². The molecule has 15 heteroatoms. The maximum Gasteiger partial charge on any atom is 0.337 e. The molecule has 4 N–H and O–H groups in total. The topological polar surface area (TPSA) is 192 Å². The molecule has 40 heavy (non-hydrogen) atoms. The molecule has 0 fully saturated rings. The van der Waals surface area contributed by atoms with Gasteiger partial charge in [-0.15, -0.1) is 0 Å². The molecule has 0 aliphatic carbocycles. The SMILES string of the molecule is CCOc1cc([C@@H]2NC(=O)NC(C)=C2C(=O)OC)ccc1OC[C@H](O)N/N=C/c1cc2c(cc1[N+](=O)[O-])OCO2. The molecular weight excluding hydrogens is 530 g/mol. The molecule has 4 rings (SSSR count). The van der Waals surface area contributed by atoms with Crippen LogP contribution >= 0.6 is 0 Å². The zero-order chi connectivity index (χ0) is 28.8. The summed E-state index contributed by atoms with van der Waals surface area (Å²) in [5, 5.41) is 30.8. The number of allylic oxidation sites excluding steroid dienone is 1. The number of aliphatic hydroxyl groups is 1. The number of amides is 2. The van der Waals surface area contributed by atoms with Crippen LogP contribution in [0.5, 0.6) is 23.0 Å². The van der Waals surface area contributed by atoms with E-state index in [1.54, 1.807) is 32.0 Å². The number of rotatable bonds is 11. The second-order valence-electron chi connectivity index (χ2n) is 8.44. The highest BCUT2D eigenvalue weighted by Gasteiger charge is 2.32. The number of esters is 1. The van der Waals surface area contributed by atoms with Crippen molar-refractivity contribution in [3.63, 3.8) is 0 Å². The van der Waals surface area contributed by atoms with E-state index in [1.165, 1.54) is 25.5 Å². The van der Waals surface area contributed by atoms with Gasteiger partial charge < -0.3 is 39.4 Å². The van der Waals surface area contributed by atoms with E-state index in [9.17, 15) is 24.8 Å². The summed E-state index contributed by atoms with van der Waals surface area (Å²) in [6.07, 6.45) is -0.121. The van der Waals surface area contributed by atoms with Crippen molar-refractivity contribution in [2.24, 2.45) is 5.10 Å². The number of nitro benzene ring substituents is 1. The van der Waals surface area contributed by atoms with Gasteiger partial charge in [0.15, 0.2) is 29.2 Å². The van der Waals surface area contributed by atoms with Crippen molar-refractivity contribution < 1.29 is 43.3 Å². The minimum absolute atomic E-state index is 0.0403. The van der Waals surface area contributed by atoms with Gasteiger partial charge in [-0.25, -0.2) is 9.59 Å². The van der Waals surface area contributed by atoms with E-state index in [4.69, 9.17) is 23.7 Å². The number of ether oxygens (including phenoxy) is 5. The van der Waals surface area contributed by atoms with Crippen LogP contribution in [0.4, 0.5) is 10.5 Å². The van der Waals surface area contributed by atoms with Crippen molar-refractivity contribution in [3.8, 4) is 23.0 Å². The van der Waals surface area contributed by atoms with Gasteiger partial charge in [0.2, 0.25) is 6.79 Å². The fourth-order valence-corrected chi connectivity index (χ4v) is 4.02. The molecule has 2 aliphatic rings. The zero-order valence-electron chi connectivity index (χ0n) is 21.8. The minimum atomic E-state index is -1.29. The summed E-state index contributed by atoms with van der Waals surface area (Å²) in [5.74, 6) is 0.589. The highest BCUT2D eigenvalue weighted by Crippen LogP contribution is 2.37. The number of nitrogens with zero attached hydrogens (tertiary/aromatic N) is 2. The fraction of sp³-hybridized carbons (Fsp3) is 0.320. The number of carbonyl (C=O) groups excluding carboxylic acids is 2. The highest BCUT2D eigenvalue weighted by atomic mass is 16.7. The first-order chi connectivity index (χ1) is 19.2. The van der Waals surface area contributed by atoms with E-state index >= 15 is 0 Å². The molecular formula is C25H27N5O10. The predicted molar refractivity (Wildman–Crippen MR) is 138 cm³/mol. The summed E-state index contributed by atoms with van der Waals surface area (Å²) in [6, 6.07) is 6.21. The molecule has 212 valence electrons. The van der Waals surface area contributed by atoms with Gasteiger partial charge in [-0.2, -0.15) is 5.10 Å². The number of urea groups is 1. The van der Waals surface area contributed by atoms with Crippen LogP contribution in [0.15, 0.2) is 46.7 Å². The third-order valence-corrected chi connectivity index (χ3v) is 5.82. The van der Waals surface area contributed by atoms with Crippen molar-refractivity contribution in [1.29, 1.82) is 0 Å². The van der Waals surface area contributed by atoms with Gasteiger partial charge in [-0.3, -0.25) is 15.5 Å². The van der Waals surface area contributed by atoms with E-state index in [2.05, 4.69) is 21.2 Å². The number of hydrazone groups is 1. The van der Waals surface area contributed by atoms with Crippen LogP contribution in [0.25, 0.3) is 0 Å². The Balaban J connectivity index is 1.45. The van der Waals surface area contributed by atoms with E-state index < -0.39 is 29.2 Å². The maximum absolute atomic E-state index is 12.4. The van der Waals surface area contributed by atoms with Crippen LogP contribution in [0, 0.1) is 10.1 Å². The van der Waals surface area contributed by atoms with Crippen LogP contribution in [0.1, 0.15) is 31.0 Å². The van der Waals surface area contributed by atoms with Crippen LogP contribution in [0.3, 0.4) is 0 Å². The van der Waals surface area contributed by atoms with Gasteiger partial charge >= 0.3 is 12.0 Å². The molecule has 2 aromatic carbocycles. The molecule has 2 atom stereocenters. The van der Waals surface area contributed by atoms with Crippen molar-refractivity contribution in [2.75, 3.05) is 27.1 Å². The fourth-order valence-electron chi connectivity index (χ4n) is 4.02. The number of methoxy groups -OCH3 is 1. The number of carbonyl (C=O) groups is 2. The molecule has 15 nitrogen and oxygen atoms in total. The summed E-state index contributed by atoms with van der Waals surface area (Å²) in [4.78, 5) is 35.3. The Labute approximate surface area is 227 Å². The Morgan fingerprint density at radius 1 is 1.27 bits per heavy atom. The average molecular weight is 558 g/mol. The van der Waals surface area contributed by atoms with Crippen molar-refractivity contribution in [3.05, 3.63) is 62.8 Å². The van der Waals surface area contributed by atoms with Crippen LogP contribution in [-0.2, 0) is 9.53 Å². The Hall–Kier alpha value is -5.05. The number of nitrogens with one attached hydrogen (secondary N) is 3. The van der Waals surface area contributed by atoms with E-state index in [1.807, 2.05) is 0 Å². The number of hydrogen-bond donors (Lipinski definition) is 4. The van der Waals surface area contributed by atoms with Crippen LogP contribution < -0.4 is 35.0 Å². The number of hydrogen-bond acceptors (Lipinski definition) is 12. The van der Waals surface area contributed by atoms with E-state index in [0.717, 1.165) is 0 Å². The number of fused-ring (bicyclic) bond motifs is 1. The molecule has 0 unspecified atom stereocenters.